The molecule has 0 saturated carbocycles. The molecule has 0 fully saturated rings. The van der Waals surface area contributed by atoms with Gasteiger partial charge in [0, 0.05) is 10.5 Å². The molecule has 3 aromatic rings. The van der Waals surface area contributed by atoms with E-state index < -0.39 is 10.8 Å². The summed E-state index contributed by atoms with van der Waals surface area (Å²) in [5.74, 6) is 0.424. The second-order valence-corrected chi connectivity index (χ2v) is 7.83. The van der Waals surface area contributed by atoms with Crippen molar-refractivity contribution in [3.05, 3.63) is 87.7 Å². The Kier molecular flexibility index (Phi) is 6.26. The van der Waals surface area contributed by atoms with E-state index in [0.717, 1.165) is 0 Å². The fraction of sp³-hybridized carbons (Fsp3) is 0.100. The van der Waals surface area contributed by atoms with Crippen molar-refractivity contribution in [2.24, 2.45) is 0 Å². The standard InChI is InChI=1S/C20H15Cl2NO3S/c1-26-15-9-7-13(8-10-15)19(24)18-14(11-17(21)23-20(18)22)12-27(25)16-5-3-2-4-6-16/h2-11H,12H2,1H3. The molecule has 0 aliphatic heterocycles. The van der Waals surface area contributed by atoms with Crippen molar-refractivity contribution < 1.29 is 13.7 Å². The van der Waals surface area contributed by atoms with E-state index >= 15 is 0 Å². The fourth-order valence-electron chi connectivity index (χ4n) is 2.57. The molecular weight excluding hydrogens is 405 g/mol. The fourth-order valence-corrected chi connectivity index (χ4v) is 4.26. The Bertz CT molecular complexity index is 992. The summed E-state index contributed by atoms with van der Waals surface area (Å²) in [5.41, 5.74) is 1.12. The van der Waals surface area contributed by atoms with E-state index in [1.54, 1.807) is 43.5 Å². The third-order valence-corrected chi connectivity index (χ3v) is 5.74. The SMILES string of the molecule is COc1ccc(C(=O)c2c(CS(=O)c3ccccc3)cc(Cl)nc2Cl)cc1. The monoisotopic (exact) mass is 419 g/mol. The zero-order valence-electron chi connectivity index (χ0n) is 14.3. The highest BCUT2D eigenvalue weighted by atomic mass is 35.5. The van der Waals surface area contributed by atoms with E-state index in [2.05, 4.69) is 4.98 Å². The van der Waals surface area contributed by atoms with Crippen LogP contribution in [0, 0.1) is 0 Å². The predicted molar refractivity (Wildman–Crippen MR) is 107 cm³/mol. The molecule has 0 radical (unpaired) electrons. The number of aromatic nitrogens is 1. The molecule has 138 valence electrons. The summed E-state index contributed by atoms with van der Waals surface area (Å²) < 4.78 is 17.8. The molecular formula is C20H15Cl2NO3S. The number of rotatable bonds is 6. The molecule has 4 nitrogen and oxygen atoms in total. The summed E-state index contributed by atoms with van der Waals surface area (Å²) in [6, 6.07) is 17.2. The number of pyridine rings is 1. The number of halogens is 2. The lowest BCUT2D eigenvalue weighted by Gasteiger charge is -2.11. The van der Waals surface area contributed by atoms with Crippen molar-refractivity contribution in [2.45, 2.75) is 10.6 Å². The average molecular weight is 420 g/mol. The third kappa shape index (κ3) is 4.56. The van der Waals surface area contributed by atoms with E-state index in [-0.39, 0.29) is 27.4 Å². The summed E-state index contributed by atoms with van der Waals surface area (Å²) >= 11 is 12.2. The van der Waals surface area contributed by atoms with Crippen LogP contribution in [0.3, 0.4) is 0 Å². The zero-order chi connectivity index (χ0) is 19.4. The van der Waals surface area contributed by atoms with Crippen LogP contribution >= 0.6 is 23.2 Å². The van der Waals surface area contributed by atoms with E-state index in [9.17, 15) is 9.00 Å². The quantitative estimate of drug-likeness (QED) is 0.419. The number of hydrogen-bond acceptors (Lipinski definition) is 4. The van der Waals surface area contributed by atoms with Gasteiger partial charge in [0.1, 0.15) is 16.1 Å². The van der Waals surface area contributed by atoms with Gasteiger partial charge in [-0.05, 0) is 48.0 Å². The van der Waals surface area contributed by atoms with Gasteiger partial charge in [-0.15, -0.1) is 0 Å². The number of carbonyl (C=O) groups excluding carboxylic acids is 1. The normalized spacial score (nSPS) is 11.8. The molecule has 1 aromatic heterocycles. The number of carbonyl (C=O) groups is 1. The molecule has 0 spiro atoms. The second-order valence-electron chi connectivity index (χ2n) is 5.63. The summed E-state index contributed by atoms with van der Waals surface area (Å²) in [6.45, 7) is 0. The van der Waals surface area contributed by atoms with Crippen LogP contribution in [0.15, 0.2) is 65.6 Å². The molecule has 0 aliphatic rings. The lowest BCUT2D eigenvalue weighted by molar-refractivity contribution is 0.103. The van der Waals surface area contributed by atoms with E-state index in [1.165, 1.54) is 6.07 Å². The van der Waals surface area contributed by atoms with Crippen molar-refractivity contribution >= 4 is 39.8 Å². The van der Waals surface area contributed by atoms with Crippen molar-refractivity contribution in [2.75, 3.05) is 7.11 Å². The lowest BCUT2D eigenvalue weighted by Crippen LogP contribution is -2.10. The average Bonchev–Trinajstić information content (AvgIpc) is 2.68. The Morgan fingerprint density at radius 3 is 2.37 bits per heavy atom. The number of methoxy groups -OCH3 is 1. The van der Waals surface area contributed by atoms with Crippen LogP contribution in [0.1, 0.15) is 21.5 Å². The zero-order valence-corrected chi connectivity index (χ0v) is 16.6. The van der Waals surface area contributed by atoms with Crippen LogP contribution < -0.4 is 4.74 Å². The van der Waals surface area contributed by atoms with Crippen LogP contribution in [-0.2, 0) is 16.6 Å². The lowest BCUT2D eigenvalue weighted by atomic mass is 10.0. The van der Waals surface area contributed by atoms with Gasteiger partial charge in [-0.25, -0.2) is 4.98 Å². The summed E-state index contributed by atoms with van der Waals surface area (Å²) in [7, 11) is 0.193. The molecule has 1 atom stereocenters. The molecule has 3 rings (SSSR count). The van der Waals surface area contributed by atoms with Gasteiger partial charge in [0.25, 0.3) is 0 Å². The minimum Gasteiger partial charge on any atom is -0.497 e. The van der Waals surface area contributed by atoms with Crippen LogP contribution in [0.25, 0.3) is 0 Å². The first-order valence-electron chi connectivity index (χ1n) is 7.96. The van der Waals surface area contributed by atoms with E-state index in [4.69, 9.17) is 27.9 Å². The first kappa shape index (κ1) is 19.5. The first-order chi connectivity index (χ1) is 13.0. The molecule has 0 amide bonds. The Labute approximate surface area is 169 Å². The van der Waals surface area contributed by atoms with Gasteiger partial charge < -0.3 is 4.74 Å². The van der Waals surface area contributed by atoms with Gasteiger partial charge in [0.15, 0.2) is 5.78 Å². The molecule has 7 heteroatoms. The Balaban J connectivity index is 1.99. The smallest absolute Gasteiger partial charge is 0.196 e. The maximum absolute atomic E-state index is 13.0. The van der Waals surface area contributed by atoms with E-state index in [0.29, 0.717) is 21.8 Å². The second kappa shape index (κ2) is 8.65. The highest BCUT2D eigenvalue weighted by Crippen LogP contribution is 2.27. The van der Waals surface area contributed by atoms with Crippen LogP contribution in [0.4, 0.5) is 0 Å². The molecule has 2 aromatic carbocycles. The molecule has 0 aliphatic carbocycles. The molecule has 0 bridgehead atoms. The minimum atomic E-state index is -1.36. The van der Waals surface area contributed by atoms with Gasteiger partial charge in [-0.3, -0.25) is 9.00 Å². The summed E-state index contributed by atoms with van der Waals surface area (Å²) in [5, 5.41) is 0.134. The third-order valence-electron chi connectivity index (χ3n) is 3.90. The van der Waals surface area contributed by atoms with Crippen molar-refractivity contribution in [1.82, 2.24) is 4.98 Å². The van der Waals surface area contributed by atoms with Crippen LogP contribution in [0.2, 0.25) is 10.3 Å². The topological polar surface area (TPSA) is 56.3 Å². The first-order valence-corrected chi connectivity index (χ1v) is 10.0. The molecule has 1 heterocycles. The van der Waals surface area contributed by atoms with Gasteiger partial charge in [-0.2, -0.15) is 0 Å². The predicted octanol–water partition coefficient (Wildman–Crippen LogP) is 4.94. The van der Waals surface area contributed by atoms with Crippen molar-refractivity contribution in [1.29, 1.82) is 0 Å². The molecule has 0 N–H and O–H groups in total. The largest absolute Gasteiger partial charge is 0.497 e. The minimum absolute atomic E-state index is 0.0108. The Hall–Kier alpha value is -2.21. The van der Waals surface area contributed by atoms with E-state index in [1.807, 2.05) is 18.2 Å². The summed E-state index contributed by atoms with van der Waals surface area (Å²) in [4.78, 5) is 17.6. The molecule has 1 unspecified atom stereocenters. The number of nitrogens with zero attached hydrogens (tertiary/aromatic N) is 1. The van der Waals surface area contributed by atoms with Crippen LogP contribution in [0.5, 0.6) is 5.75 Å². The van der Waals surface area contributed by atoms with Crippen molar-refractivity contribution in [3.8, 4) is 5.75 Å². The molecule has 0 saturated heterocycles. The number of hydrogen-bond donors (Lipinski definition) is 0. The highest BCUT2D eigenvalue weighted by Gasteiger charge is 2.21. The Morgan fingerprint density at radius 2 is 1.74 bits per heavy atom. The van der Waals surface area contributed by atoms with Gasteiger partial charge in [0.05, 0.1) is 29.2 Å². The number of ketones is 1. The van der Waals surface area contributed by atoms with Gasteiger partial charge in [-0.1, -0.05) is 41.4 Å². The maximum Gasteiger partial charge on any atom is 0.196 e. The highest BCUT2D eigenvalue weighted by molar-refractivity contribution is 7.84. The van der Waals surface area contributed by atoms with Gasteiger partial charge in [0.2, 0.25) is 0 Å². The number of benzene rings is 2. The number of ether oxygens (including phenoxy) is 1. The summed E-state index contributed by atoms with van der Waals surface area (Å²) in [6.07, 6.45) is 0. The Morgan fingerprint density at radius 1 is 1.07 bits per heavy atom. The maximum atomic E-state index is 13.0. The van der Waals surface area contributed by atoms with Crippen LogP contribution in [-0.4, -0.2) is 22.1 Å². The molecule has 27 heavy (non-hydrogen) atoms. The van der Waals surface area contributed by atoms with Crippen molar-refractivity contribution in [3.63, 3.8) is 0 Å². The van der Waals surface area contributed by atoms with Gasteiger partial charge >= 0.3 is 0 Å².